The molecule has 2 heterocycles. The van der Waals surface area contributed by atoms with Crippen LogP contribution in [0.2, 0.25) is 0 Å². The van der Waals surface area contributed by atoms with Crippen molar-refractivity contribution in [3.05, 3.63) is 68.8 Å². The second-order valence-electron chi connectivity index (χ2n) is 7.25. The van der Waals surface area contributed by atoms with Crippen LogP contribution in [0.5, 0.6) is 0 Å². The molecule has 1 N–H and O–H groups in total. The van der Waals surface area contributed by atoms with Gasteiger partial charge in [-0.2, -0.15) is 9.78 Å². The molecule has 0 aliphatic carbocycles. The van der Waals surface area contributed by atoms with Crippen LogP contribution in [0, 0.1) is 11.3 Å². The van der Waals surface area contributed by atoms with Gasteiger partial charge in [0.2, 0.25) is 0 Å². The molecule has 1 aromatic carbocycles. The number of pyridine rings is 1. The van der Waals surface area contributed by atoms with Crippen molar-refractivity contribution in [3.63, 3.8) is 0 Å². The molecule has 2 aromatic heterocycles. The number of benzene rings is 1. The molecule has 0 bridgehead atoms. The first-order valence-corrected chi connectivity index (χ1v) is 8.47. The zero-order valence-electron chi connectivity index (χ0n) is 15.1. The normalized spacial score (nSPS) is 11.6. The van der Waals surface area contributed by atoms with Crippen molar-refractivity contribution >= 4 is 5.65 Å². The van der Waals surface area contributed by atoms with Crippen LogP contribution in [0.25, 0.3) is 5.65 Å². The van der Waals surface area contributed by atoms with Crippen molar-refractivity contribution < 1.29 is 0 Å². The van der Waals surface area contributed by atoms with E-state index in [1.54, 1.807) is 0 Å². The van der Waals surface area contributed by atoms with Crippen LogP contribution in [0.15, 0.2) is 35.1 Å². The fraction of sp³-hybridized carbons (Fsp3) is 0.350. The third kappa shape index (κ3) is 2.96. The Hall–Kier alpha value is -2.87. The van der Waals surface area contributed by atoms with Gasteiger partial charge in [0.1, 0.15) is 17.5 Å². The zero-order valence-corrected chi connectivity index (χ0v) is 15.1. The maximum absolute atomic E-state index is 13.1. The highest BCUT2D eigenvalue weighted by Crippen LogP contribution is 2.23. The molecule has 0 aliphatic heterocycles. The number of aromatic nitrogens is 3. The van der Waals surface area contributed by atoms with E-state index in [4.69, 9.17) is 0 Å². The molecule has 0 amide bonds. The second-order valence-corrected chi connectivity index (χ2v) is 7.25. The summed E-state index contributed by atoms with van der Waals surface area (Å²) < 4.78 is 1.43. The number of hydrogen-bond donors (Lipinski definition) is 1. The summed E-state index contributed by atoms with van der Waals surface area (Å²) in [5.41, 5.74) is 3.05. The average Bonchev–Trinajstić information content (AvgIpc) is 3.03. The highest BCUT2D eigenvalue weighted by atomic mass is 16.1. The number of aromatic amines is 1. The van der Waals surface area contributed by atoms with Crippen molar-refractivity contribution in [2.45, 2.75) is 46.0 Å². The zero-order chi connectivity index (χ0) is 18.2. The van der Waals surface area contributed by atoms with E-state index in [0.717, 1.165) is 11.1 Å². The summed E-state index contributed by atoms with van der Waals surface area (Å²) in [5, 5.41) is 12.8. The Balaban J connectivity index is 2.32. The summed E-state index contributed by atoms with van der Waals surface area (Å²) in [4.78, 5) is 17.7. The van der Waals surface area contributed by atoms with Crippen LogP contribution in [-0.4, -0.2) is 14.6 Å². The first kappa shape index (κ1) is 17.0. The van der Waals surface area contributed by atoms with Gasteiger partial charge in [0.15, 0.2) is 5.65 Å². The lowest BCUT2D eigenvalue weighted by atomic mass is 9.96. The smallest absolute Gasteiger partial charge is 0.275 e. The van der Waals surface area contributed by atoms with Gasteiger partial charge in [-0.25, -0.2) is 4.98 Å². The lowest BCUT2D eigenvalue weighted by Crippen LogP contribution is -2.23. The van der Waals surface area contributed by atoms with Crippen LogP contribution < -0.4 is 5.56 Å². The number of rotatable bonds is 3. The first-order valence-electron chi connectivity index (χ1n) is 8.47. The molecule has 5 heteroatoms. The standard InChI is InChI=1S/C20H22N4O/c1-5-14-15(11-13-9-7-6-8-10-13)18(25)24-17(16(14)12-21)22-19(23-24)20(2,3)4/h6-10H,5,11H2,1-4H3,(H,22,23). The summed E-state index contributed by atoms with van der Waals surface area (Å²) >= 11 is 0. The molecule has 0 saturated heterocycles. The van der Waals surface area contributed by atoms with E-state index in [1.165, 1.54) is 4.52 Å². The predicted octanol–water partition coefficient (Wildman–Crippen LogP) is 3.34. The predicted molar refractivity (Wildman–Crippen MR) is 97.9 cm³/mol. The maximum Gasteiger partial charge on any atom is 0.275 e. The summed E-state index contributed by atoms with van der Waals surface area (Å²) in [5.74, 6) is 0.694. The van der Waals surface area contributed by atoms with E-state index >= 15 is 0 Å². The van der Waals surface area contributed by atoms with Crippen LogP contribution in [0.3, 0.4) is 0 Å². The van der Waals surface area contributed by atoms with Crippen molar-refractivity contribution in [2.75, 3.05) is 0 Å². The Morgan fingerprint density at radius 1 is 1.20 bits per heavy atom. The second kappa shape index (κ2) is 6.21. The topological polar surface area (TPSA) is 73.9 Å². The summed E-state index contributed by atoms with van der Waals surface area (Å²) in [6, 6.07) is 12.1. The summed E-state index contributed by atoms with van der Waals surface area (Å²) in [6.07, 6.45) is 1.12. The Labute approximate surface area is 146 Å². The number of nitrogens with one attached hydrogen (secondary N) is 1. The fourth-order valence-corrected chi connectivity index (χ4v) is 3.03. The summed E-state index contributed by atoms with van der Waals surface area (Å²) in [6.45, 7) is 8.03. The molecule has 0 spiro atoms. The van der Waals surface area contributed by atoms with E-state index in [0.29, 0.717) is 35.4 Å². The Morgan fingerprint density at radius 3 is 2.44 bits per heavy atom. The van der Waals surface area contributed by atoms with Gasteiger partial charge in [-0.1, -0.05) is 58.0 Å². The SMILES string of the molecule is CCc1c(Cc2ccccc2)c(=O)n2[nH]c(C(C)(C)C)nc2c1C#N. The summed E-state index contributed by atoms with van der Waals surface area (Å²) in [7, 11) is 0. The molecule has 25 heavy (non-hydrogen) atoms. The lowest BCUT2D eigenvalue weighted by Gasteiger charge is -2.13. The van der Waals surface area contributed by atoms with Crippen molar-refractivity contribution in [1.82, 2.24) is 14.6 Å². The van der Waals surface area contributed by atoms with Gasteiger partial charge in [0, 0.05) is 17.4 Å². The molecule has 0 unspecified atom stereocenters. The largest absolute Gasteiger partial charge is 0.276 e. The van der Waals surface area contributed by atoms with Gasteiger partial charge in [-0.3, -0.25) is 9.89 Å². The number of nitrogens with zero attached hydrogens (tertiary/aromatic N) is 3. The molecule has 5 nitrogen and oxygen atoms in total. The van der Waals surface area contributed by atoms with Crippen molar-refractivity contribution in [3.8, 4) is 6.07 Å². The van der Waals surface area contributed by atoms with Gasteiger partial charge in [0.25, 0.3) is 5.56 Å². The number of hydrogen-bond acceptors (Lipinski definition) is 3. The van der Waals surface area contributed by atoms with E-state index in [2.05, 4.69) is 16.2 Å². The minimum Gasteiger partial charge on any atom is -0.276 e. The first-order chi connectivity index (χ1) is 11.9. The van der Waals surface area contributed by atoms with Crippen LogP contribution in [0.1, 0.15) is 55.8 Å². The molecule has 0 aliphatic rings. The van der Waals surface area contributed by atoms with E-state index in [1.807, 2.05) is 58.0 Å². The molecule has 0 saturated carbocycles. The van der Waals surface area contributed by atoms with Crippen LogP contribution in [-0.2, 0) is 18.3 Å². The van der Waals surface area contributed by atoms with Crippen molar-refractivity contribution in [2.24, 2.45) is 0 Å². The molecule has 3 rings (SSSR count). The third-order valence-corrected chi connectivity index (χ3v) is 4.40. The number of nitriles is 1. The quantitative estimate of drug-likeness (QED) is 0.798. The Kier molecular flexibility index (Phi) is 4.22. The minimum atomic E-state index is -0.239. The third-order valence-electron chi connectivity index (χ3n) is 4.40. The van der Waals surface area contributed by atoms with Crippen molar-refractivity contribution in [1.29, 1.82) is 5.26 Å². The Bertz CT molecular complexity index is 1010. The van der Waals surface area contributed by atoms with Gasteiger partial charge >= 0.3 is 0 Å². The van der Waals surface area contributed by atoms with Gasteiger partial charge in [-0.15, -0.1) is 0 Å². The molecule has 128 valence electrons. The molecule has 0 radical (unpaired) electrons. The average molecular weight is 334 g/mol. The van der Waals surface area contributed by atoms with E-state index in [-0.39, 0.29) is 11.0 Å². The molecular weight excluding hydrogens is 312 g/mol. The fourth-order valence-electron chi connectivity index (χ4n) is 3.03. The van der Waals surface area contributed by atoms with Gasteiger partial charge < -0.3 is 0 Å². The van der Waals surface area contributed by atoms with E-state index < -0.39 is 0 Å². The molecule has 0 atom stereocenters. The number of H-pyrrole nitrogens is 1. The highest BCUT2D eigenvalue weighted by molar-refractivity contribution is 5.61. The lowest BCUT2D eigenvalue weighted by molar-refractivity contribution is 0.544. The highest BCUT2D eigenvalue weighted by Gasteiger charge is 2.24. The minimum absolute atomic E-state index is 0.127. The Morgan fingerprint density at radius 2 is 1.88 bits per heavy atom. The van der Waals surface area contributed by atoms with Gasteiger partial charge in [0.05, 0.1) is 0 Å². The molecule has 3 aromatic rings. The van der Waals surface area contributed by atoms with Gasteiger partial charge in [-0.05, 0) is 17.5 Å². The van der Waals surface area contributed by atoms with Crippen LogP contribution in [0.4, 0.5) is 0 Å². The van der Waals surface area contributed by atoms with E-state index in [9.17, 15) is 10.1 Å². The van der Waals surface area contributed by atoms with Crippen LogP contribution >= 0.6 is 0 Å². The monoisotopic (exact) mass is 334 g/mol. The maximum atomic E-state index is 13.1. The number of fused-ring (bicyclic) bond motifs is 1. The molecular formula is C20H22N4O. The molecule has 0 fully saturated rings.